The molecule has 0 spiro atoms. The maximum absolute atomic E-state index is 14.1. The highest BCUT2D eigenvalue weighted by Gasteiger charge is 2.72. The van der Waals surface area contributed by atoms with Crippen molar-refractivity contribution in [3.05, 3.63) is 101 Å². The second kappa shape index (κ2) is 8.12. The second-order valence-corrected chi connectivity index (χ2v) is 12.5. The Balaban J connectivity index is 1.44. The first kappa shape index (κ1) is 23.6. The summed E-state index contributed by atoms with van der Waals surface area (Å²) in [5.41, 5.74) is 4.80. The van der Waals surface area contributed by atoms with Gasteiger partial charge in [0.15, 0.2) is 0 Å². The molecule has 1 fully saturated rings. The van der Waals surface area contributed by atoms with E-state index < -0.39 is 26.5 Å². The number of benzene rings is 3. The third kappa shape index (κ3) is 2.96. The van der Waals surface area contributed by atoms with Crippen molar-refractivity contribution in [1.82, 2.24) is 0 Å². The van der Waals surface area contributed by atoms with E-state index in [-0.39, 0.29) is 17.7 Å². The van der Waals surface area contributed by atoms with Crippen molar-refractivity contribution >= 4 is 55.3 Å². The first-order chi connectivity index (χ1) is 17.2. The molecule has 0 saturated carbocycles. The van der Waals surface area contributed by atoms with Crippen LogP contribution < -0.4 is 4.90 Å². The van der Waals surface area contributed by atoms with Gasteiger partial charge in [-0.15, -0.1) is 0 Å². The van der Waals surface area contributed by atoms with E-state index in [4.69, 9.17) is 4.74 Å². The minimum Gasteiger partial charge on any atom is -0.462 e. The number of hydrogen-bond acceptors (Lipinski definition) is 4. The van der Waals surface area contributed by atoms with E-state index in [9.17, 15) is 14.4 Å². The van der Waals surface area contributed by atoms with Gasteiger partial charge in [0.25, 0.3) is 0 Å². The maximum Gasteiger partial charge on any atom is 0.338 e. The summed E-state index contributed by atoms with van der Waals surface area (Å²) in [4.78, 5) is 41.8. The molecule has 36 heavy (non-hydrogen) atoms. The minimum atomic E-state index is -0.831. The summed E-state index contributed by atoms with van der Waals surface area (Å²) in [5.74, 6) is -1.98. The van der Waals surface area contributed by atoms with Gasteiger partial charge in [-0.05, 0) is 52.4 Å². The molecule has 0 N–H and O–H groups in total. The van der Waals surface area contributed by atoms with Crippen molar-refractivity contribution in [2.75, 3.05) is 11.5 Å². The third-order valence-electron chi connectivity index (χ3n) is 7.49. The van der Waals surface area contributed by atoms with Crippen LogP contribution in [0.2, 0.25) is 0 Å². The number of hydrogen-bond donors (Lipinski definition) is 0. The highest BCUT2D eigenvalue weighted by Crippen LogP contribution is 2.70. The second-order valence-electron chi connectivity index (χ2n) is 10.0. The highest BCUT2D eigenvalue weighted by atomic mass is 79.9. The van der Waals surface area contributed by atoms with Crippen LogP contribution in [-0.4, -0.2) is 24.4 Å². The van der Waals surface area contributed by atoms with Gasteiger partial charge in [-0.1, -0.05) is 94.2 Å². The Labute approximate surface area is 226 Å². The molecule has 1 aliphatic heterocycles. The number of carbonyl (C=O) groups is 3. The van der Waals surface area contributed by atoms with Crippen LogP contribution in [0.4, 0.5) is 5.69 Å². The monoisotopic (exact) mass is 607 g/mol. The largest absolute Gasteiger partial charge is 0.462 e. The molecule has 0 radical (unpaired) electrons. The number of esters is 1. The van der Waals surface area contributed by atoms with Crippen molar-refractivity contribution in [3.8, 4) is 0 Å². The maximum atomic E-state index is 14.1. The molecule has 2 amide bonds. The smallest absolute Gasteiger partial charge is 0.338 e. The van der Waals surface area contributed by atoms with Gasteiger partial charge in [-0.2, -0.15) is 0 Å². The van der Waals surface area contributed by atoms with Crippen LogP contribution in [0.15, 0.2) is 72.8 Å². The lowest BCUT2D eigenvalue weighted by molar-refractivity contribution is -0.122. The normalized spacial score (nSPS) is 27.6. The molecule has 0 aromatic heterocycles. The van der Waals surface area contributed by atoms with Gasteiger partial charge >= 0.3 is 5.97 Å². The van der Waals surface area contributed by atoms with Crippen LogP contribution in [0.25, 0.3) is 0 Å². The molecule has 5 nitrogen and oxygen atoms in total. The van der Waals surface area contributed by atoms with E-state index in [1.54, 1.807) is 24.3 Å². The van der Waals surface area contributed by atoms with E-state index in [1.807, 2.05) is 62.4 Å². The molecule has 3 aliphatic carbocycles. The van der Waals surface area contributed by atoms with Crippen LogP contribution in [-0.2, 0) is 23.0 Å². The number of carbonyl (C=O) groups excluding carboxylic acids is 3. The number of imide groups is 1. The van der Waals surface area contributed by atoms with E-state index in [0.29, 0.717) is 17.9 Å². The van der Waals surface area contributed by atoms with E-state index in [1.165, 1.54) is 4.90 Å². The summed E-state index contributed by atoms with van der Waals surface area (Å²) in [5, 5.41) is 0. The van der Waals surface area contributed by atoms with Gasteiger partial charge in [-0.25, -0.2) is 9.69 Å². The molecule has 3 aromatic carbocycles. The summed E-state index contributed by atoms with van der Waals surface area (Å²) in [6, 6.07) is 22.5. The van der Waals surface area contributed by atoms with Crippen molar-refractivity contribution in [2.45, 2.75) is 22.5 Å². The molecule has 1 heterocycles. The lowest BCUT2D eigenvalue weighted by Crippen LogP contribution is -2.56. The van der Waals surface area contributed by atoms with Crippen LogP contribution in [0.5, 0.6) is 0 Å². The fourth-order valence-corrected chi connectivity index (χ4v) is 8.30. The average Bonchev–Trinajstić information content (AvgIpc) is 3.17. The summed E-state index contributed by atoms with van der Waals surface area (Å²) < 4.78 is 3.65. The zero-order valence-corrected chi connectivity index (χ0v) is 22.9. The van der Waals surface area contributed by atoms with Crippen molar-refractivity contribution in [3.63, 3.8) is 0 Å². The molecule has 7 rings (SSSR count). The van der Waals surface area contributed by atoms with Gasteiger partial charge in [0.2, 0.25) is 11.8 Å². The molecule has 7 heteroatoms. The fourth-order valence-electron chi connectivity index (χ4n) is 5.99. The Morgan fingerprint density at radius 3 is 1.61 bits per heavy atom. The molecule has 2 atom stereocenters. The van der Waals surface area contributed by atoms with Gasteiger partial charge in [0, 0.05) is 0 Å². The Morgan fingerprint density at radius 2 is 1.22 bits per heavy atom. The van der Waals surface area contributed by atoms with Crippen molar-refractivity contribution in [2.24, 2.45) is 17.8 Å². The van der Waals surface area contributed by atoms with E-state index in [0.717, 1.165) is 22.3 Å². The summed E-state index contributed by atoms with van der Waals surface area (Å²) in [6.45, 7) is 4.27. The number of anilines is 1. The Morgan fingerprint density at radius 1 is 0.806 bits per heavy atom. The number of ether oxygens (including phenoxy) is 1. The van der Waals surface area contributed by atoms with E-state index in [2.05, 4.69) is 31.9 Å². The van der Waals surface area contributed by atoms with Crippen LogP contribution in [0.3, 0.4) is 0 Å². The summed E-state index contributed by atoms with van der Waals surface area (Å²) in [6.07, 6.45) is 0. The Kier molecular flexibility index (Phi) is 5.33. The number of nitrogens with zero attached hydrogens (tertiary/aromatic N) is 1. The molecule has 4 aliphatic rings. The van der Waals surface area contributed by atoms with Gasteiger partial charge in [0.1, 0.15) is 0 Å². The number of amides is 2. The lowest BCUT2D eigenvalue weighted by atomic mass is 9.54. The molecule has 3 aromatic rings. The minimum absolute atomic E-state index is 0.230. The van der Waals surface area contributed by atoms with E-state index >= 15 is 0 Å². The third-order valence-corrected chi connectivity index (χ3v) is 10.2. The first-order valence-electron chi connectivity index (χ1n) is 11.9. The van der Waals surface area contributed by atoms with Crippen LogP contribution >= 0.6 is 31.9 Å². The summed E-state index contributed by atoms with van der Waals surface area (Å²) >= 11 is 8.01. The molecule has 182 valence electrons. The number of alkyl halides is 2. The van der Waals surface area contributed by atoms with Gasteiger partial charge in [-0.3, -0.25) is 9.59 Å². The van der Waals surface area contributed by atoms with Crippen LogP contribution in [0.1, 0.15) is 46.5 Å². The number of rotatable bonds is 4. The fraction of sp³-hybridized carbons (Fsp3) is 0.276. The van der Waals surface area contributed by atoms with Gasteiger partial charge in [0.05, 0.1) is 38.3 Å². The van der Waals surface area contributed by atoms with Crippen LogP contribution in [0, 0.1) is 17.8 Å². The molecule has 1 saturated heterocycles. The molecular weight excluding hydrogens is 586 g/mol. The first-order valence-corrected chi connectivity index (χ1v) is 13.5. The topological polar surface area (TPSA) is 63.7 Å². The quantitative estimate of drug-likeness (QED) is 0.210. The highest BCUT2D eigenvalue weighted by molar-refractivity contribution is 9.10. The zero-order chi connectivity index (χ0) is 25.4. The number of halogens is 2. The predicted octanol–water partition coefficient (Wildman–Crippen LogP) is 5.91. The zero-order valence-electron chi connectivity index (χ0n) is 19.7. The average molecular weight is 609 g/mol. The predicted molar refractivity (Wildman–Crippen MR) is 143 cm³/mol. The molecule has 2 bridgehead atoms. The standard InChI is InChI=1S/C29H23Br2NO4/c1-16(2)15-36-27(35)17-11-13-18(14-12-17)32-25(33)23-24(26(32)34)29(31)20-8-4-3-7-19(20)28(23,30)21-9-5-6-10-22(21)29/h3-14,16,23-24H,15H2,1-2H3/t23-,24-,28?,29?/m1/s1. The van der Waals surface area contributed by atoms with Crippen molar-refractivity contribution < 1.29 is 19.1 Å². The molecular formula is C29H23Br2NO4. The summed E-state index contributed by atoms with van der Waals surface area (Å²) in [7, 11) is 0. The van der Waals surface area contributed by atoms with Crippen molar-refractivity contribution in [1.29, 1.82) is 0 Å². The Hall–Kier alpha value is -2.77. The van der Waals surface area contributed by atoms with Gasteiger partial charge < -0.3 is 4.74 Å². The molecule has 0 unspecified atom stereocenters. The lowest BCUT2D eigenvalue weighted by Gasteiger charge is -2.55. The SMILES string of the molecule is CC(C)COC(=O)c1ccc(N2C(=O)[C@H]3[C@H](C2=O)C2(Br)c4ccccc4C3(Br)c3ccccc32)cc1. The Bertz CT molecular complexity index is 1310.